The highest BCUT2D eigenvalue weighted by Crippen LogP contribution is 2.09. The molecule has 0 amide bonds. The first kappa shape index (κ1) is 13.0. The summed E-state index contributed by atoms with van der Waals surface area (Å²) in [4.78, 5) is 0. The van der Waals surface area contributed by atoms with Gasteiger partial charge in [-0.2, -0.15) is 0 Å². The largest absolute Gasteiger partial charge is 0.465 e. The Labute approximate surface area is 98.7 Å². The lowest BCUT2D eigenvalue weighted by molar-refractivity contribution is 0.424. The Bertz CT molecular complexity index is 290. The van der Waals surface area contributed by atoms with Gasteiger partial charge in [0, 0.05) is 12.6 Å². The van der Waals surface area contributed by atoms with Crippen LogP contribution in [0.3, 0.4) is 0 Å². The Morgan fingerprint density at radius 1 is 1.44 bits per heavy atom. The molecule has 0 radical (unpaired) electrons. The molecule has 2 heteroatoms. The molecule has 0 aliphatic carbocycles. The zero-order valence-electron chi connectivity index (χ0n) is 10.6. The Balaban J connectivity index is 2.15. The zero-order chi connectivity index (χ0) is 11.8. The summed E-state index contributed by atoms with van der Waals surface area (Å²) in [5.74, 6) is 1.72. The molecule has 1 aromatic heterocycles. The van der Waals surface area contributed by atoms with E-state index < -0.39 is 0 Å². The third-order valence-electron chi connectivity index (χ3n) is 2.86. The predicted octanol–water partition coefficient (Wildman–Crippen LogP) is 3.71. The van der Waals surface area contributed by atoms with Crippen LogP contribution in [0.2, 0.25) is 0 Å². The molecule has 0 aliphatic heterocycles. The van der Waals surface area contributed by atoms with E-state index in [1.807, 2.05) is 18.2 Å². The molecule has 16 heavy (non-hydrogen) atoms. The summed E-state index contributed by atoms with van der Waals surface area (Å²) < 4.78 is 5.21. The number of hydrogen-bond donors (Lipinski definition) is 1. The van der Waals surface area contributed by atoms with Gasteiger partial charge in [-0.15, -0.1) is 0 Å². The van der Waals surface area contributed by atoms with E-state index in [0.29, 0.717) is 6.04 Å². The van der Waals surface area contributed by atoms with Gasteiger partial charge in [0.05, 0.1) is 6.26 Å². The van der Waals surface area contributed by atoms with E-state index in [1.54, 1.807) is 6.26 Å². The van der Waals surface area contributed by atoms with Crippen molar-refractivity contribution >= 4 is 6.08 Å². The Kier molecular flexibility index (Phi) is 5.94. The van der Waals surface area contributed by atoms with E-state index in [2.05, 4.69) is 32.2 Å². The molecule has 1 heterocycles. The molecule has 2 nitrogen and oxygen atoms in total. The predicted molar refractivity (Wildman–Crippen MR) is 69.3 cm³/mol. The highest BCUT2D eigenvalue weighted by atomic mass is 16.3. The SMILES string of the molecule is CCC(C)CC(C)NC/C=C/c1ccco1. The maximum atomic E-state index is 5.21. The van der Waals surface area contributed by atoms with Crippen molar-refractivity contribution in [3.05, 3.63) is 30.2 Å². The van der Waals surface area contributed by atoms with E-state index in [0.717, 1.165) is 18.2 Å². The average molecular weight is 221 g/mol. The maximum absolute atomic E-state index is 5.21. The molecule has 0 aromatic carbocycles. The fraction of sp³-hybridized carbons (Fsp3) is 0.571. The third kappa shape index (κ3) is 5.17. The van der Waals surface area contributed by atoms with Crippen LogP contribution in [-0.2, 0) is 0 Å². The molecule has 90 valence electrons. The maximum Gasteiger partial charge on any atom is 0.126 e. The Hall–Kier alpha value is -1.02. The molecule has 1 rings (SSSR count). The summed E-state index contributed by atoms with van der Waals surface area (Å²) in [5.41, 5.74) is 0. The highest BCUT2D eigenvalue weighted by Gasteiger charge is 2.04. The minimum Gasteiger partial charge on any atom is -0.465 e. The summed E-state index contributed by atoms with van der Waals surface area (Å²) in [6.45, 7) is 7.69. The molecular formula is C14H23NO. The number of rotatable bonds is 7. The second-order valence-electron chi connectivity index (χ2n) is 4.48. The van der Waals surface area contributed by atoms with Crippen LogP contribution in [0.5, 0.6) is 0 Å². The first-order valence-corrected chi connectivity index (χ1v) is 6.15. The normalized spacial score (nSPS) is 15.4. The van der Waals surface area contributed by atoms with Crippen LogP contribution in [0.15, 0.2) is 28.9 Å². The lowest BCUT2D eigenvalue weighted by Crippen LogP contribution is -2.27. The zero-order valence-corrected chi connectivity index (χ0v) is 10.6. The van der Waals surface area contributed by atoms with E-state index in [4.69, 9.17) is 4.42 Å². The molecular weight excluding hydrogens is 198 g/mol. The van der Waals surface area contributed by atoms with Crippen LogP contribution in [0, 0.1) is 5.92 Å². The summed E-state index contributed by atoms with van der Waals surface area (Å²) in [5, 5.41) is 3.48. The average Bonchev–Trinajstić information content (AvgIpc) is 2.77. The number of hydrogen-bond acceptors (Lipinski definition) is 2. The highest BCUT2D eigenvalue weighted by molar-refractivity contribution is 5.42. The number of furan rings is 1. The first-order valence-electron chi connectivity index (χ1n) is 6.15. The fourth-order valence-electron chi connectivity index (χ4n) is 1.68. The van der Waals surface area contributed by atoms with Crippen LogP contribution in [0.25, 0.3) is 6.08 Å². The number of nitrogens with one attached hydrogen (secondary N) is 1. The van der Waals surface area contributed by atoms with Gasteiger partial charge >= 0.3 is 0 Å². The van der Waals surface area contributed by atoms with Crippen molar-refractivity contribution in [2.75, 3.05) is 6.54 Å². The van der Waals surface area contributed by atoms with Crippen molar-refractivity contribution < 1.29 is 4.42 Å². The lowest BCUT2D eigenvalue weighted by atomic mass is 10.0. The van der Waals surface area contributed by atoms with E-state index in [1.165, 1.54) is 12.8 Å². The van der Waals surface area contributed by atoms with Crippen LogP contribution >= 0.6 is 0 Å². The minimum absolute atomic E-state index is 0.580. The second-order valence-corrected chi connectivity index (χ2v) is 4.48. The van der Waals surface area contributed by atoms with Crippen molar-refractivity contribution in [1.82, 2.24) is 5.32 Å². The molecule has 0 saturated heterocycles. The van der Waals surface area contributed by atoms with Gasteiger partial charge in [0.15, 0.2) is 0 Å². The molecule has 2 unspecified atom stereocenters. The van der Waals surface area contributed by atoms with E-state index in [9.17, 15) is 0 Å². The van der Waals surface area contributed by atoms with Crippen molar-refractivity contribution in [1.29, 1.82) is 0 Å². The molecule has 0 spiro atoms. The summed E-state index contributed by atoms with van der Waals surface area (Å²) in [6, 6.07) is 4.44. The van der Waals surface area contributed by atoms with Crippen LogP contribution in [0.4, 0.5) is 0 Å². The Morgan fingerprint density at radius 3 is 2.88 bits per heavy atom. The Morgan fingerprint density at radius 2 is 2.25 bits per heavy atom. The van der Waals surface area contributed by atoms with Gasteiger partial charge in [0.25, 0.3) is 0 Å². The molecule has 1 N–H and O–H groups in total. The summed E-state index contributed by atoms with van der Waals surface area (Å²) >= 11 is 0. The summed E-state index contributed by atoms with van der Waals surface area (Å²) in [6.07, 6.45) is 8.30. The first-order chi connectivity index (χ1) is 7.72. The van der Waals surface area contributed by atoms with Crippen LogP contribution < -0.4 is 5.32 Å². The molecule has 0 aliphatic rings. The summed E-state index contributed by atoms with van der Waals surface area (Å²) in [7, 11) is 0. The smallest absolute Gasteiger partial charge is 0.126 e. The quantitative estimate of drug-likeness (QED) is 0.759. The fourth-order valence-corrected chi connectivity index (χ4v) is 1.68. The standard InChI is InChI=1S/C14H23NO/c1-4-12(2)11-13(3)15-9-5-7-14-8-6-10-16-14/h5-8,10,12-13,15H,4,9,11H2,1-3H3/b7-5+. The van der Waals surface area contributed by atoms with E-state index >= 15 is 0 Å². The monoisotopic (exact) mass is 221 g/mol. The van der Waals surface area contributed by atoms with Gasteiger partial charge in [0.2, 0.25) is 0 Å². The molecule has 0 fully saturated rings. The molecule has 0 saturated carbocycles. The van der Waals surface area contributed by atoms with Crippen molar-refractivity contribution in [3.63, 3.8) is 0 Å². The second kappa shape index (κ2) is 7.29. The third-order valence-corrected chi connectivity index (χ3v) is 2.86. The molecule has 1 aromatic rings. The lowest BCUT2D eigenvalue weighted by Gasteiger charge is -2.16. The molecule has 2 atom stereocenters. The minimum atomic E-state index is 0.580. The van der Waals surface area contributed by atoms with Crippen molar-refractivity contribution in [3.8, 4) is 0 Å². The van der Waals surface area contributed by atoms with Crippen molar-refractivity contribution in [2.45, 2.75) is 39.7 Å². The molecule has 0 bridgehead atoms. The van der Waals surface area contributed by atoms with Crippen LogP contribution in [0.1, 0.15) is 39.4 Å². The van der Waals surface area contributed by atoms with Gasteiger partial charge in [-0.1, -0.05) is 26.3 Å². The topological polar surface area (TPSA) is 25.2 Å². The van der Waals surface area contributed by atoms with Gasteiger partial charge in [0.1, 0.15) is 5.76 Å². The van der Waals surface area contributed by atoms with Crippen LogP contribution in [-0.4, -0.2) is 12.6 Å². The van der Waals surface area contributed by atoms with Gasteiger partial charge < -0.3 is 9.73 Å². The van der Waals surface area contributed by atoms with Gasteiger partial charge in [-0.05, 0) is 37.5 Å². The van der Waals surface area contributed by atoms with E-state index in [-0.39, 0.29) is 0 Å². The van der Waals surface area contributed by atoms with Gasteiger partial charge in [-0.3, -0.25) is 0 Å². The van der Waals surface area contributed by atoms with Crippen molar-refractivity contribution in [2.24, 2.45) is 5.92 Å². The van der Waals surface area contributed by atoms with Gasteiger partial charge in [-0.25, -0.2) is 0 Å².